The Morgan fingerprint density at radius 1 is 1.24 bits per heavy atom. The van der Waals surface area contributed by atoms with E-state index in [0.29, 0.717) is 6.42 Å². The molecule has 1 aliphatic rings. The molecule has 1 amide bonds. The van der Waals surface area contributed by atoms with Crippen molar-refractivity contribution in [2.45, 2.75) is 26.2 Å². The number of para-hydroxylation sites is 1. The van der Waals surface area contributed by atoms with Gasteiger partial charge in [-0.05, 0) is 18.6 Å². The summed E-state index contributed by atoms with van der Waals surface area (Å²) in [5, 5.41) is 0. The summed E-state index contributed by atoms with van der Waals surface area (Å²) in [6, 6.07) is 9.40. The molecule has 0 radical (unpaired) electrons. The fourth-order valence-electron chi connectivity index (χ4n) is 2.19. The molecule has 0 N–H and O–H groups in total. The third-order valence-corrected chi connectivity index (χ3v) is 3.18. The van der Waals surface area contributed by atoms with E-state index in [1.165, 1.54) is 0 Å². The fourth-order valence-corrected chi connectivity index (χ4v) is 2.19. The van der Waals surface area contributed by atoms with Crippen LogP contribution in [0.25, 0.3) is 0 Å². The molecule has 2 rings (SSSR count). The maximum atomic E-state index is 12.1. The Kier molecular flexibility index (Phi) is 3.57. The molecular weight excluding hydrogens is 214 g/mol. The average Bonchev–Trinajstić information content (AvgIpc) is 2.64. The van der Waals surface area contributed by atoms with Crippen LogP contribution in [0.4, 0.5) is 5.69 Å². The molecule has 1 heterocycles. The van der Waals surface area contributed by atoms with Crippen molar-refractivity contribution in [1.29, 1.82) is 0 Å². The molecule has 1 aromatic rings. The van der Waals surface area contributed by atoms with Gasteiger partial charge in [-0.15, -0.1) is 0 Å². The van der Waals surface area contributed by atoms with Gasteiger partial charge >= 0.3 is 0 Å². The van der Waals surface area contributed by atoms with Gasteiger partial charge in [0.25, 0.3) is 0 Å². The molecule has 1 aromatic carbocycles. The second-order valence-electron chi connectivity index (χ2n) is 4.42. The highest BCUT2D eigenvalue weighted by atomic mass is 16.2. The molecule has 1 fully saturated rings. The Balaban J connectivity index is 2.13. The normalized spacial score (nSPS) is 20.1. The summed E-state index contributed by atoms with van der Waals surface area (Å²) in [6.07, 6.45) is 2.64. The Morgan fingerprint density at radius 2 is 1.94 bits per heavy atom. The number of hydrogen-bond donors (Lipinski definition) is 0. The first kappa shape index (κ1) is 11.8. The third-order valence-electron chi connectivity index (χ3n) is 3.18. The highest BCUT2D eigenvalue weighted by molar-refractivity contribution is 6.17. The second-order valence-corrected chi connectivity index (χ2v) is 4.42. The third kappa shape index (κ3) is 2.38. The minimum Gasteiger partial charge on any atom is -0.304 e. The van der Waals surface area contributed by atoms with E-state index in [4.69, 9.17) is 0 Å². The Morgan fingerprint density at radius 3 is 2.59 bits per heavy atom. The standard InChI is InChI=1S/C14H17NO2/c1-2-3-9-12-13(16)10-15(14(12)17)11-7-5-4-6-8-11/h4-8,12H,2-3,9-10H2,1H3. The zero-order chi connectivity index (χ0) is 12.3. The first-order chi connectivity index (χ1) is 8.24. The fraction of sp³-hybridized carbons (Fsp3) is 0.429. The average molecular weight is 231 g/mol. The molecule has 17 heavy (non-hydrogen) atoms. The van der Waals surface area contributed by atoms with Crippen molar-refractivity contribution < 1.29 is 9.59 Å². The van der Waals surface area contributed by atoms with Gasteiger partial charge in [0.15, 0.2) is 5.78 Å². The number of ketones is 1. The van der Waals surface area contributed by atoms with Crippen molar-refractivity contribution in [2.75, 3.05) is 11.4 Å². The minimum absolute atomic E-state index is 0.0327. The summed E-state index contributed by atoms with van der Waals surface area (Å²) >= 11 is 0. The van der Waals surface area contributed by atoms with E-state index >= 15 is 0 Å². The number of benzene rings is 1. The van der Waals surface area contributed by atoms with Crippen LogP contribution in [-0.4, -0.2) is 18.2 Å². The summed E-state index contributed by atoms with van der Waals surface area (Å²) < 4.78 is 0. The molecule has 0 spiro atoms. The number of Topliss-reactive ketones (excluding diaryl/α,β-unsaturated/α-hetero) is 1. The van der Waals surface area contributed by atoms with Crippen LogP contribution in [0.15, 0.2) is 30.3 Å². The second kappa shape index (κ2) is 5.13. The van der Waals surface area contributed by atoms with Gasteiger partial charge in [-0.1, -0.05) is 38.0 Å². The monoisotopic (exact) mass is 231 g/mol. The van der Waals surface area contributed by atoms with E-state index in [-0.39, 0.29) is 18.2 Å². The lowest BCUT2D eigenvalue weighted by atomic mass is 10.00. The van der Waals surface area contributed by atoms with E-state index in [9.17, 15) is 9.59 Å². The van der Waals surface area contributed by atoms with Crippen LogP contribution >= 0.6 is 0 Å². The molecule has 0 aliphatic carbocycles. The van der Waals surface area contributed by atoms with Gasteiger partial charge < -0.3 is 4.90 Å². The maximum absolute atomic E-state index is 12.1. The van der Waals surface area contributed by atoms with Crippen LogP contribution in [0.3, 0.4) is 0 Å². The van der Waals surface area contributed by atoms with Gasteiger partial charge in [0, 0.05) is 5.69 Å². The zero-order valence-electron chi connectivity index (χ0n) is 10.1. The summed E-state index contributed by atoms with van der Waals surface area (Å²) in [4.78, 5) is 25.5. The molecule has 0 aromatic heterocycles. The molecule has 0 saturated carbocycles. The number of nitrogens with zero attached hydrogens (tertiary/aromatic N) is 1. The molecule has 90 valence electrons. The lowest BCUT2D eigenvalue weighted by Gasteiger charge is -2.15. The van der Waals surface area contributed by atoms with Crippen LogP contribution in [0.5, 0.6) is 0 Å². The minimum atomic E-state index is -0.407. The Hall–Kier alpha value is -1.64. The summed E-state index contributed by atoms with van der Waals surface area (Å²) in [7, 11) is 0. The van der Waals surface area contributed by atoms with Gasteiger partial charge in [0.1, 0.15) is 0 Å². The molecule has 1 saturated heterocycles. The van der Waals surface area contributed by atoms with Crippen molar-refractivity contribution >= 4 is 17.4 Å². The zero-order valence-corrected chi connectivity index (χ0v) is 10.1. The van der Waals surface area contributed by atoms with Gasteiger partial charge in [-0.2, -0.15) is 0 Å². The highest BCUT2D eigenvalue weighted by Crippen LogP contribution is 2.25. The van der Waals surface area contributed by atoms with E-state index in [1.54, 1.807) is 4.90 Å². The number of hydrogen-bond acceptors (Lipinski definition) is 2. The number of carbonyl (C=O) groups is 2. The van der Waals surface area contributed by atoms with Gasteiger partial charge in [0.05, 0.1) is 12.5 Å². The first-order valence-electron chi connectivity index (χ1n) is 6.13. The van der Waals surface area contributed by atoms with Crippen LogP contribution in [0, 0.1) is 5.92 Å². The first-order valence-corrected chi connectivity index (χ1v) is 6.13. The molecule has 1 unspecified atom stereocenters. The predicted octanol–water partition coefficient (Wildman–Crippen LogP) is 2.41. The smallest absolute Gasteiger partial charge is 0.238 e. The molecule has 1 aliphatic heterocycles. The van der Waals surface area contributed by atoms with Crippen molar-refractivity contribution in [3.05, 3.63) is 30.3 Å². The van der Waals surface area contributed by atoms with Crippen LogP contribution in [0.1, 0.15) is 26.2 Å². The number of unbranched alkanes of at least 4 members (excludes halogenated alkanes) is 1. The Bertz CT molecular complexity index is 413. The highest BCUT2D eigenvalue weighted by Gasteiger charge is 2.38. The van der Waals surface area contributed by atoms with Gasteiger partial charge in [-0.25, -0.2) is 0 Å². The predicted molar refractivity (Wildman–Crippen MR) is 66.8 cm³/mol. The van der Waals surface area contributed by atoms with E-state index in [2.05, 4.69) is 6.92 Å². The van der Waals surface area contributed by atoms with Crippen LogP contribution in [-0.2, 0) is 9.59 Å². The quantitative estimate of drug-likeness (QED) is 0.746. The number of rotatable bonds is 4. The van der Waals surface area contributed by atoms with E-state index in [0.717, 1.165) is 18.5 Å². The molecule has 0 bridgehead atoms. The number of carbonyl (C=O) groups excluding carboxylic acids is 2. The summed E-state index contributed by atoms with van der Waals surface area (Å²) in [5.74, 6) is -0.378. The van der Waals surface area contributed by atoms with Crippen molar-refractivity contribution in [1.82, 2.24) is 0 Å². The summed E-state index contributed by atoms with van der Waals surface area (Å²) in [6.45, 7) is 2.30. The maximum Gasteiger partial charge on any atom is 0.238 e. The van der Waals surface area contributed by atoms with Crippen molar-refractivity contribution in [3.8, 4) is 0 Å². The van der Waals surface area contributed by atoms with Gasteiger partial charge in [-0.3, -0.25) is 9.59 Å². The van der Waals surface area contributed by atoms with Crippen LogP contribution < -0.4 is 4.90 Å². The topological polar surface area (TPSA) is 37.4 Å². The van der Waals surface area contributed by atoms with Crippen LogP contribution in [0.2, 0.25) is 0 Å². The SMILES string of the molecule is CCCCC1C(=O)CN(c2ccccc2)C1=O. The van der Waals surface area contributed by atoms with E-state index in [1.807, 2.05) is 30.3 Å². The molecule has 3 heteroatoms. The molecule has 1 atom stereocenters. The largest absolute Gasteiger partial charge is 0.304 e. The van der Waals surface area contributed by atoms with Crippen molar-refractivity contribution in [2.24, 2.45) is 5.92 Å². The molecule has 3 nitrogen and oxygen atoms in total. The number of amides is 1. The lowest BCUT2D eigenvalue weighted by Crippen LogP contribution is -2.26. The number of anilines is 1. The van der Waals surface area contributed by atoms with Crippen molar-refractivity contribution in [3.63, 3.8) is 0 Å². The lowest BCUT2D eigenvalue weighted by molar-refractivity contribution is -0.127. The van der Waals surface area contributed by atoms with Gasteiger partial charge in [0.2, 0.25) is 5.91 Å². The Labute approximate surface area is 101 Å². The summed E-state index contributed by atoms with van der Waals surface area (Å²) in [5.41, 5.74) is 0.824. The molecular formula is C14H17NO2. The van der Waals surface area contributed by atoms with E-state index < -0.39 is 5.92 Å².